The lowest BCUT2D eigenvalue weighted by molar-refractivity contribution is 0.436. The average Bonchev–Trinajstić information content (AvgIpc) is 3.04. The van der Waals surface area contributed by atoms with Crippen LogP contribution >= 0.6 is 0 Å². The van der Waals surface area contributed by atoms with Gasteiger partial charge in [0.25, 0.3) is 0 Å². The van der Waals surface area contributed by atoms with Crippen molar-refractivity contribution in [3.63, 3.8) is 0 Å². The van der Waals surface area contributed by atoms with E-state index in [1.807, 2.05) is 36.5 Å². The molecule has 0 unspecified atom stereocenters. The zero-order valence-corrected chi connectivity index (χ0v) is 16.9. The van der Waals surface area contributed by atoms with Gasteiger partial charge in [-0.15, -0.1) is 0 Å². The van der Waals surface area contributed by atoms with E-state index < -0.39 is 0 Å². The first-order chi connectivity index (χ1) is 13.8. The van der Waals surface area contributed by atoms with E-state index in [9.17, 15) is 5.11 Å². The van der Waals surface area contributed by atoms with Crippen molar-refractivity contribution in [2.24, 2.45) is 4.99 Å². The number of phenols is 1. The van der Waals surface area contributed by atoms with Crippen LogP contribution in [0, 0.1) is 0 Å². The number of aliphatic imine (C=N–C) groups is 1. The van der Waals surface area contributed by atoms with Crippen LogP contribution in [-0.2, 0) is 0 Å². The van der Waals surface area contributed by atoms with Gasteiger partial charge in [0, 0.05) is 11.8 Å². The van der Waals surface area contributed by atoms with Crippen LogP contribution in [-0.4, -0.2) is 11.3 Å². The Hall–Kier alpha value is -2.09. The molecule has 2 aromatic rings. The van der Waals surface area contributed by atoms with Crippen LogP contribution in [0.15, 0.2) is 47.5 Å². The quantitative estimate of drug-likeness (QED) is 0.432. The first-order valence-corrected chi connectivity index (χ1v) is 11.3. The smallest absolute Gasteiger partial charge is 0.127 e. The third-order valence-corrected chi connectivity index (χ3v) is 6.67. The van der Waals surface area contributed by atoms with Gasteiger partial charge in [-0.25, -0.2) is 0 Å². The van der Waals surface area contributed by atoms with Gasteiger partial charge in [-0.1, -0.05) is 69.2 Å². The second-order valence-corrected chi connectivity index (χ2v) is 8.67. The maximum absolute atomic E-state index is 11.1. The Kier molecular flexibility index (Phi) is 6.46. The normalized spacial score (nSPS) is 19.7. The molecule has 4 rings (SSSR count). The van der Waals surface area contributed by atoms with Crippen LogP contribution in [0.5, 0.6) is 5.75 Å². The monoisotopic (exact) mass is 375 g/mol. The molecule has 1 N–H and O–H groups in total. The molecule has 2 aliphatic rings. The highest BCUT2D eigenvalue weighted by atomic mass is 16.3. The summed E-state index contributed by atoms with van der Waals surface area (Å²) in [6.45, 7) is 0. The van der Waals surface area contributed by atoms with Gasteiger partial charge in [0.15, 0.2) is 0 Å². The minimum Gasteiger partial charge on any atom is -0.507 e. The number of rotatable bonds is 4. The van der Waals surface area contributed by atoms with Crippen LogP contribution in [0.2, 0.25) is 0 Å². The molecule has 2 saturated carbocycles. The maximum Gasteiger partial charge on any atom is 0.127 e. The van der Waals surface area contributed by atoms with Crippen molar-refractivity contribution in [1.82, 2.24) is 0 Å². The van der Waals surface area contributed by atoms with Crippen molar-refractivity contribution in [3.8, 4) is 5.75 Å². The van der Waals surface area contributed by atoms with Crippen molar-refractivity contribution in [3.05, 3.63) is 59.2 Å². The van der Waals surface area contributed by atoms with Crippen molar-refractivity contribution in [2.75, 3.05) is 0 Å². The van der Waals surface area contributed by atoms with Crippen LogP contribution in [0.25, 0.3) is 0 Å². The Bertz CT molecular complexity index is 782. The van der Waals surface area contributed by atoms with E-state index in [0.717, 1.165) is 11.3 Å². The fourth-order valence-electron chi connectivity index (χ4n) is 5.03. The zero-order valence-electron chi connectivity index (χ0n) is 16.9. The van der Waals surface area contributed by atoms with E-state index in [1.165, 1.54) is 81.8 Å². The Morgan fingerprint density at radius 1 is 0.750 bits per heavy atom. The van der Waals surface area contributed by atoms with Crippen LogP contribution in [0.4, 0.5) is 5.69 Å². The fourth-order valence-corrected chi connectivity index (χ4v) is 5.03. The summed E-state index contributed by atoms with van der Waals surface area (Å²) in [6, 6.07) is 14.6. The molecule has 2 aliphatic carbocycles. The summed E-state index contributed by atoms with van der Waals surface area (Å²) in [5, 5.41) is 11.1. The summed E-state index contributed by atoms with van der Waals surface area (Å²) in [4.78, 5) is 4.64. The maximum atomic E-state index is 11.1. The molecule has 0 radical (unpaired) electrons. The lowest BCUT2D eigenvalue weighted by Gasteiger charge is -2.25. The SMILES string of the molecule is Oc1c(C=Nc2ccccc2)cc(C2CCCCC2)cc1C1CCCCCC1. The Balaban J connectivity index is 1.70. The van der Waals surface area contributed by atoms with E-state index in [4.69, 9.17) is 0 Å². The number of phenolic OH excluding ortho intramolecular Hbond substituents is 1. The summed E-state index contributed by atoms with van der Waals surface area (Å²) < 4.78 is 0. The molecule has 0 amide bonds. The fraction of sp³-hybridized carbons (Fsp3) is 0.500. The predicted molar refractivity (Wildman–Crippen MR) is 118 cm³/mol. The average molecular weight is 376 g/mol. The van der Waals surface area contributed by atoms with Crippen molar-refractivity contribution in [1.29, 1.82) is 0 Å². The van der Waals surface area contributed by atoms with E-state index in [1.54, 1.807) is 0 Å². The van der Waals surface area contributed by atoms with Gasteiger partial charge < -0.3 is 5.11 Å². The van der Waals surface area contributed by atoms with E-state index in [0.29, 0.717) is 17.6 Å². The van der Waals surface area contributed by atoms with E-state index in [2.05, 4.69) is 17.1 Å². The molecule has 28 heavy (non-hydrogen) atoms. The molecule has 0 atom stereocenters. The van der Waals surface area contributed by atoms with Gasteiger partial charge in [-0.2, -0.15) is 0 Å². The van der Waals surface area contributed by atoms with Gasteiger partial charge >= 0.3 is 0 Å². The zero-order chi connectivity index (χ0) is 19.2. The molecule has 0 saturated heterocycles. The molecule has 2 heteroatoms. The van der Waals surface area contributed by atoms with E-state index in [-0.39, 0.29) is 0 Å². The number of hydrogen-bond donors (Lipinski definition) is 1. The molecule has 0 heterocycles. The third kappa shape index (κ3) is 4.66. The first kappa shape index (κ1) is 19.2. The highest BCUT2D eigenvalue weighted by Crippen LogP contribution is 2.41. The van der Waals surface area contributed by atoms with Gasteiger partial charge in [0.05, 0.1) is 5.69 Å². The Labute approximate surface area is 169 Å². The molecule has 2 fully saturated rings. The lowest BCUT2D eigenvalue weighted by atomic mass is 9.80. The van der Waals surface area contributed by atoms with Crippen molar-refractivity contribution < 1.29 is 5.11 Å². The van der Waals surface area contributed by atoms with Crippen LogP contribution < -0.4 is 0 Å². The van der Waals surface area contributed by atoms with Crippen LogP contribution in [0.1, 0.15) is 99.2 Å². The summed E-state index contributed by atoms with van der Waals surface area (Å²) in [7, 11) is 0. The summed E-state index contributed by atoms with van der Waals surface area (Å²) in [5.74, 6) is 1.60. The minimum absolute atomic E-state index is 0.464. The molecule has 0 aliphatic heterocycles. The largest absolute Gasteiger partial charge is 0.507 e. The first-order valence-electron chi connectivity index (χ1n) is 11.3. The molecule has 2 nitrogen and oxygen atoms in total. The standard InChI is InChI=1S/C26H33NO/c28-26-23(19-27-24-15-9-4-10-16-24)17-22(20-11-7-3-8-12-20)18-25(26)21-13-5-1-2-6-14-21/h4,9-10,15-21,28H,1-3,5-8,11-14H2. The van der Waals surface area contributed by atoms with Gasteiger partial charge in [0.2, 0.25) is 0 Å². The second-order valence-electron chi connectivity index (χ2n) is 8.67. The van der Waals surface area contributed by atoms with Gasteiger partial charge in [0.1, 0.15) is 5.75 Å². The summed E-state index contributed by atoms with van der Waals surface area (Å²) in [6.07, 6.45) is 16.1. The minimum atomic E-state index is 0.464. The molecule has 0 spiro atoms. The molecular formula is C26H33NO. The molecule has 0 aromatic heterocycles. The third-order valence-electron chi connectivity index (χ3n) is 6.67. The number of nitrogens with zero attached hydrogens (tertiary/aromatic N) is 1. The van der Waals surface area contributed by atoms with Crippen molar-refractivity contribution >= 4 is 11.9 Å². The number of benzene rings is 2. The molecule has 2 aromatic carbocycles. The van der Waals surface area contributed by atoms with Gasteiger partial charge in [-0.05, 0) is 66.8 Å². The molecule has 0 bridgehead atoms. The van der Waals surface area contributed by atoms with Crippen LogP contribution in [0.3, 0.4) is 0 Å². The Morgan fingerprint density at radius 2 is 1.36 bits per heavy atom. The van der Waals surface area contributed by atoms with Crippen molar-refractivity contribution in [2.45, 2.75) is 82.5 Å². The molecule has 148 valence electrons. The topological polar surface area (TPSA) is 32.6 Å². The second kappa shape index (κ2) is 9.41. The molecular weight excluding hydrogens is 342 g/mol. The highest BCUT2D eigenvalue weighted by molar-refractivity contribution is 5.86. The Morgan fingerprint density at radius 3 is 2.04 bits per heavy atom. The van der Waals surface area contributed by atoms with E-state index >= 15 is 0 Å². The highest BCUT2D eigenvalue weighted by Gasteiger charge is 2.23. The number of para-hydroxylation sites is 1. The van der Waals surface area contributed by atoms with Gasteiger partial charge in [-0.3, -0.25) is 4.99 Å². The summed E-state index contributed by atoms with van der Waals surface area (Å²) >= 11 is 0. The lowest BCUT2D eigenvalue weighted by Crippen LogP contribution is -2.08. The predicted octanol–water partition coefficient (Wildman–Crippen LogP) is 7.63. The number of hydrogen-bond acceptors (Lipinski definition) is 2. The number of aromatic hydroxyl groups is 1. The summed E-state index contributed by atoms with van der Waals surface area (Å²) in [5.41, 5.74) is 4.43.